The summed E-state index contributed by atoms with van der Waals surface area (Å²) < 4.78 is 40.4. The van der Waals surface area contributed by atoms with Gasteiger partial charge in [0.05, 0.1) is 17.6 Å². The van der Waals surface area contributed by atoms with E-state index >= 15 is 0 Å². The Bertz CT molecular complexity index is 1620. The number of nitrogens with zero attached hydrogens (tertiary/aromatic N) is 3. The van der Waals surface area contributed by atoms with Gasteiger partial charge in [0.1, 0.15) is 17.4 Å². The first-order valence-electron chi connectivity index (χ1n) is 13.0. The van der Waals surface area contributed by atoms with Crippen LogP contribution in [-0.4, -0.2) is 35.3 Å². The molecule has 0 radical (unpaired) electrons. The van der Waals surface area contributed by atoms with Crippen molar-refractivity contribution in [2.75, 3.05) is 16.6 Å². The molecule has 0 saturated heterocycles. The first-order chi connectivity index (χ1) is 19.0. The zero-order valence-corrected chi connectivity index (χ0v) is 24.4. The molecular formula is C29H35N5O5S. The molecule has 0 amide bonds. The van der Waals surface area contributed by atoms with E-state index in [1.54, 1.807) is 45.0 Å². The molecule has 0 spiro atoms. The smallest absolute Gasteiger partial charge is 0.263 e. The summed E-state index contributed by atoms with van der Waals surface area (Å²) in [7, 11) is -3.98. The molecular weight excluding hydrogens is 530 g/mol. The van der Waals surface area contributed by atoms with Gasteiger partial charge >= 0.3 is 0 Å². The average Bonchev–Trinajstić information content (AvgIpc) is 3.21. The van der Waals surface area contributed by atoms with E-state index in [0.717, 1.165) is 22.4 Å². The van der Waals surface area contributed by atoms with Crippen LogP contribution in [0.1, 0.15) is 59.5 Å². The van der Waals surface area contributed by atoms with Crippen LogP contribution in [0.15, 0.2) is 51.9 Å². The summed E-state index contributed by atoms with van der Waals surface area (Å²) in [5, 5.41) is 17.5. The highest BCUT2D eigenvalue weighted by molar-refractivity contribution is 7.92. The molecule has 4 rings (SSSR count). The van der Waals surface area contributed by atoms with Crippen molar-refractivity contribution in [3.63, 3.8) is 0 Å². The number of hydrogen-bond acceptors (Lipinski definition) is 9. The average molecular weight is 566 g/mol. The Hall–Kier alpha value is -3.80. The van der Waals surface area contributed by atoms with Crippen molar-refractivity contribution >= 4 is 21.7 Å². The summed E-state index contributed by atoms with van der Waals surface area (Å²) in [6.07, 6.45) is -0.726. The van der Waals surface area contributed by atoms with Gasteiger partial charge in [0, 0.05) is 35.5 Å². The summed E-state index contributed by atoms with van der Waals surface area (Å²) in [4.78, 5) is 8.99. The van der Waals surface area contributed by atoms with Crippen LogP contribution in [-0.2, 0) is 27.9 Å². The Labute approximate surface area is 234 Å². The Balaban J connectivity index is 1.69. The highest BCUT2D eigenvalue weighted by Crippen LogP contribution is 2.33. The van der Waals surface area contributed by atoms with Crippen molar-refractivity contribution in [2.45, 2.75) is 65.7 Å². The van der Waals surface area contributed by atoms with E-state index < -0.39 is 16.1 Å². The van der Waals surface area contributed by atoms with Gasteiger partial charge in [0.2, 0.25) is 0 Å². The molecule has 3 N–H and O–H groups in total. The third-order valence-electron chi connectivity index (χ3n) is 6.61. The topological polar surface area (TPSA) is 139 Å². The number of nitrogens with one attached hydrogen (secondary N) is 2. The van der Waals surface area contributed by atoms with Crippen LogP contribution in [0.4, 0.5) is 11.6 Å². The quantitative estimate of drug-likeness (QED) is 0.219. The number of anilines is 2. The summed E-state index contributed by atoms with van der Waals surface area (Å²) in [6, 6.07) is 12.7. The van der Waals surface area contributed by atoms with Crippen molar-refractivity contribution in [1.82, 2.24) is 15.1 Å². The Morgan fingerprint density at radius 1 is 1.02 bits per heavy atom. The summed E-state index contributed by atoms with van der Waals surface area (Å²) in [6.45, 7) is 12.0. The maximum Gasteiger partial charge on any atom is 0.263 e. The van der Waals surface area contributed by atoms with Crippen molar-refractivity contribution < 1.29 is 22.8 Å². The number of aromatic nitrogens is 3. The van der Waals surface area contributed by atoms with Gasteiger partial charge in [-0.05, 0) is 64.3 Å². The standard InChI is InChI=1S/C29H35N5O5S/c1-7-38-16-23-14-22(15-30-29-27(19(4)35)18(3)31-21(6)32-29)12-13-24(23)25-10-8-9-11-26(25)40(36,37)34-28-17(2)20(5)39-33-28/h8-14,19,35H,7,15-16H2,1-6H3,(H,33,34)(H,30,31,32). The Morgan fingerprint density at radius 3 is 2.45 bits per heavy atom. The van der Waals surface area contributed by atoms with E-state index in [4.69, 9.17) is 9.26 Å². The van der Waals surface area contributed by atoms with E-state index in [9.17, 15) is 13.5 Å². The highest BCUT2D eigenvalue weighted by Gasteiger charge is 2.24. The molecule has 0 saturated carbocycles. The molecule has 2 aromatic carbocycles. The molecule has 1 unspecified atom stereocenters. The maximum absolute atomic E-state index is 13.5. The van der Waals surface area contributed by atoms with E-state index in [2.05, 4.69) is 25.2 Å². The van der Waals surface area contributed by atoms with Crippen molar-refractivity contribution in [3.05, 3.63) is 82.0 Å². The van der Waals surface area contributed by atoms with E-state index in [1.807, 2.05) is 39.0 Å². The number of aliphatic hydroxyl groups excluding tert-OH is 1. The lowest BCUT2D eigenvalue weighted by Crippen LogP contribution is -2.15. The van der Waals surface area contributed by atoms with E-state index in [0.29, 0.717) is 53.9 Å². The molecule has 10 nitrogen and oxygen atoms in total. The molecule has 40 heavy (non-hydrogen) atoms. The molecule has 0 aliphatic rings. The number of sulfonamides is 1. The molecule has 0 aliphatic carbocycles. The molecule has 1 atom stereocenters. The maximum atomic E-state index is 13.5. The second-order valence-corrected chi connectivity index (χ2v) is 11.2. The fourth-order valence-electron chi connectivity index (χ4n) is 4.51. The summed E-state index contributed by atoms with van der Waals surface area (Å²) >= 11 is 0. The van der Waals surface area contributed by atoms with Crippen LogP contribution in [0.3, 0.4) is 0 Å². The van der Waals surface area contributed by atoms with Crippen LogP contribution in [0.25, 0.3) is 11.1 Å². The van der Waals surface area contributed by atoms with E-state index in [1.165, 1.54) is 0 Å². The van der Waals surface area contributed by atoms with Crippen molar-refractivity contribution in [3.8, 4) is 11.1 Å². The highest BCUT2D eigenvalue weighted by atomic mass is 32.2. The zero-order valence-electron chi connectivity index (χ0n) is 23.6. The molecule has 0 bridgehead atoms. The lowest BCUT2D eigenvalue weighted by atomic mass is 9.97. The van der Waals surface area contributed by atoms with Crippen LogP contribution in [0, 0.1) is 27.7 Å². The van der Waals surface area contributed by atoms with Gasteiger partial charge < -0.3 is 19.7 Å². The number of aliphatic hydroxyl groups is 1. The first-order valence-corrected chi connectivity index (χ1v) is 14.5. The second-order valence-electron chi connectivity index (χ2n) is 9.59. The fraction of sp³-hybridized carbons (Fsp3) is 0.345. The monoisotopic (exact) mass is 565 g/mol. The second kappa shape index (κ2) is 12.2. The number of aryl methyl sites for hydroxylation is 3. The number of ether oxygens (including phenoxy) is 1. The zero-order chi connectivity index (χ0) is 29.0. The first kappa shape index (κ1) is 29.2. The van der Waals surface area contributed by atoms with Crippen LogP contribution >= 0.6 is 0 Å². The minimum atomic E-state index is -3.98. The molecule has 2 aromatic heterocycles. The van der Waals surface area contributed by atoms with Gasteiger partial charge in [-0.25, -0.2) is 18.4 Å². The molecule has 0 fully saturated rings. The lowest BCUT2D eigenvalue weighted by molar-refractivity contribution is 0.134. The van der Waals surface area contributed by atoms with Crippen LogP contribution < -0.4 is 10.0 Å². The van der Waals surface area contributed by atoms with Crippen molar-refractivity contribution in [2.24, 2.45) is 0 Å². The third-order valence-corrected chi connectivity index (χ3v) is 8.01. The third kappa shape index (κ3) is 6.33. The van der Waals surface area contributed by atoms with Crippen LogP contribution in [0.5, 0.6) is 0 Å². The normalized spacial score (nSPS) is 12.4. The SMILES string of the molecule is CCOCc1cc(CNc2nc(C)nc(C)c2C(C)O)ccc1-c1ccccc1S(=O)(=O)Nc1noc(C)c1C. The fourth-order valence-corrected chi connectivity index (χ4v) is 5.79. The lowest BCUT2D eigenvalue weighted by Gasteiger charge is -2.18. The minimum absolute atomic E-state index is 0.118. The number of benzene rings is 2. The predicted octanol–water partition coefficient (Wildman–Crippen LogP) is 5.37. The number of hydrogen-bond donors (Lipinski definition) is 3. The number of rotatable bonds is 11. The van der Waals surface area contributed by atoms with E-state index in [-0.39, 0.29) is 10.7 Å². The van der Waals surface area contributed by atoms with Gasteiger partial charge in [0.25, 0.3) is 10.0 Å². The van der Waals surface area contributed by atoms with Gasteiger partial charge in [0.15, 0.2) is 5.82 Å². The van der Waals surface area contributed by atoms with Gasteiger partial charge in [-0.3, -0.25) is 4.72 Å². The largest absolute Gasteiger partial charge is 0.388 e. The molecule has 4 aromatic rings. The molecule has 2 heterocycles. The van der Waals surface area contributed by atoms with Crippen molar-refractivity contribution in [1.29, 1.82) is 0 Å². The van der Waals surface area contributed by atoms with Gasteiger partial charge in [-0.15, -0.1) is 0 Å². The molecule has 0 aliphatic heterocycles. The van der Waals surface area contributed by atoms with Gasteiger partial charge in [-0.1, -0.05) is 41.6 Å². The Kier molecular flexibility index (Phi) is 8.87. The Morgan fingerprint density at radius 2 is 1.77 bits per heavy atom. The molecule has 212 valence electrons. The predicted molar refractivity (Wildman–Crippen MR) is 153 cm³/mol. The molecule has 11 heteroatoms. The van der Waals surface area contributed by atoms with Crippen LogP contribution in [0.2, 0.25) is 0 Å². The van der Waals surface area contributed by atoms with Gasteiger partial charge in [-0.2, -0.15) is 0 Å². The minimum Gasteiger partial charge on any atom is -0.388 e. The summed E-state index contributed by atoms with van der Waals surface area (Å²) in [5.74, 6) is 1.90. The summed E-state index contributed by atoms with van der Waals surface area (Å²) in [5.41, 5.74) is 5.06.